The summed E-state index contributed by atoms with van der Waals surface area (Å²) in [6.07, 6.45) is 1.05. The number of fused-ring (bicyclic) bond motifs is 1. The molecule has 1 aromatic carbocycles. The molecule has 24 heavy (non-hydrogen) atoms. The van der Waals surface area contributed by atoms with Crippen molar-refractivity contribution in [2.75, 3.05) is 33.3 Å². The SMILES string of the molecule is Cc1c(C(=O)NCC[C@@H]2CN(C)CCO2)n(C)c2c(C)cccc12. The predicted molar refractivity (Wildman–Crippen MR) is 96.6 cm³/mol. The van der Waals surface area contributed by atoms with E-state index in [9.17, 15) is 4.79 Å². The Morgan fingerprint density at radius 2 is 2.12 bits per heavy atom. The van der Waals surface area contributed by atoms with E-state index >= 15 is 0 Å². The van der Waals surface area contributed by atoms with Gasteiger partial charge >= 0.3 is 0 Å². The van der Waals surface area contributed by atoms with Gasteiger partial charge in [-0.15, -0.1) is 0 Å². The molecule has 3 rings (SSSR count). The highest BCUT2D eigenvalue weighted by Gasteiger charge is 2.21. The van der Waals surface area contributed by atoms with Crippen molar-refractivity contribution in [2.45, 2.75) is 26.4 Å². The second kappa shape index (κ2) is 6.95. The number of morpholine rings is 1. The lowest BCUT2D eigenvalue weighted by Gasteiger charge is -2.30. The lowest BCUT2D eigenvalue weighted by molar-refractivity contribution is -0.0226. The van der Waals surface area contributed by atoms with Gasteiger partial charge in [-0.1, -0.05) is 18.2 Å². The zero-order valence-electron chi connectivity index (χ0n) is 15.1. The van der Waals surface area contributed by atoms with E-state index < -0.39 is 0 Å². The van der Waals surface area contributed by atoms with Crippen LogP contribution in [-0.4, -0.2) is 54.8 Å². The number of hydrogen-bond acceptors (Lipinski definition) is 3. The van der Waals surface area contributed by atoms with E-state index in [0.717, 1.165) is 48.3 Å². The smallest absolute Gasteiger partial charge is 0.268 e. The van der Waals surface area contributed by atoms with Gasteiger partial charge in [0.15, 0.2) is 0 Å². The Kier molecular flexibility index (Phi) is 4.92. The normalized spacial score (nSPS) is 18.9. The summed E-state index contributed by atoms with van der Waals surface area (Å²) in [5, 5.41) is 4.22. The maximum atomic E-state index is 12.7. The van der Waals surface area contributed by atoms with Gasteiger partial charge in [0.05, 0.1) is 18.2 Å². The summed E-state index contributed by atoms with van der Waals surface area (Å²) in [5.41, 5.74) is 4.12. The molecule has 1 aliphatic rings. The number of para-hydroxylation sites is 1. The third kappa shape index (κ3) is 3.19. The monoisotopic (exact) mass is 329 g/mol. The van der Waals surface area contributed by atoms with Gasteiger partial charge in [-0.2, -0.15) is 0 Å². The molecule has 1 aliphatic heterocycles. The van der Waals surface area contributed by atoms with Crippen molar-refractivity contribution in [3.05, 3.63) is 35.0 Å². The topological polar surface area (TPSA) is 46.5 Å². The molecule has 0 spiro atoms. The molecular formula is C19H27N3O2. The van der Waals surface area contributed by atoms with E-state index in [-0.39, 0.29) is 12.0 Å². The second-order valence-corrected chi connectivity index (χ2v) is 6.80. The molecule has 1 atom stereocenters. The summed E-state index contributed by atoms with van der Waals surface area (Å²) < 4.78 is 7.76. The maximum absolute atomic E-state index is 12.7. The second-order valence-electron chi connectivity index (χ2n) is 6.80. The molecule has 1 saturated heterocycles. The van der Waals surface area contributed by atoms with Crippen molar-refractivity contribution in [3.8, 4) is 0 Å². The van der Waals surface area contributed by atoms with Crippen LogP contribution in [0.4, 0.5) is 0 Å². The molecule has 5 nitrogen and oxygen atoms in total. The average molecular weight is 329 g/mol. The summed E-state index contributed by atoms with van der Waals surface area (Å²) in [6.45, 7) is 7.43. The zero-order valence-corrected chi connectivity index (χ0v) is 15.1. The Labute approximate surface area is 143 Å². The van der Waals surface area contributed by atoms with Crippen molar-refractivity contribution in [1.82, 2.24) is 14.8 Å². The van der Waals surface area contributed by atoms with Crippen molar-refractivity contribution >= 4 is 16.8 Å². The Morgan fingerprint density at radius 3 is 2.83 bits per heavy atom. The minimum absolute atomic E-state index is 0.00485. The number of aromatic nitrogens is 1. The molecule has 0 aliphatic carbocycles. The number of hydrogen-bond donors (Lipinski definition) is 1. The van der Waals surface area contributed by atoms with Gasteiger partial charge in [0.1, 0.15) is 5.69 Å². The fourth-order valence-electron chi connectivity index (χ4n) is 3.69. The third-order valence-corrected chi connectivity index (χ3v) is 4.98. The number of nitrogens with zero attached hydrogens (tertiary/aromatic N) is 2. The fraction of sp³-hybridized carbons (Fsp3) is 0.526. The number of likely N-dealkylation sites (N-methyl/N-ethyl adjacent to an activating group) is 1. The van der Waals surface area contributed by atoms with Crippen LogP contribution in [0.25, 0.3) is 10.9 Å². The summed E-state index contributed by atoms with van der Waals surface area (Å²) >= 11 is 0. The fourth-order valence-corrected chi connectivity index (χ4v) is 3.69. The van der Waals surface area contributed by atoms with Gasteiger partial charge in [-0.05, 0) is 38.4 Å². The van der Waals surface area contributed by atoms with Crippen LogP contribution < -0.4 is 5.32 Å². The molecule has 0 saturated carbocycles. The van der Waals surface area contributed by atoms with Crippen molar-refractivity contribution < 1.29 is 9.53 Å². The molecule has 130 valence electrons. The number of carbonyl (C=O) groups excluding carboxylic acids is 1. The summed E-state index contributed by atoms with van der Waals surface area (Å²) in [4.78, 5) is 15.0. The molecule has 1 amide bonds. The van der Waals surface area contributed by atoms with Gasteiger partial charge < -0.3 is 19.5 Å². The van der Waals surface area contributed by atoms with Crippen LogP contribution in [0.15, 0.2) is 18.2 Å². The van der Waals surface area contributed by atoms with Crippen molar-refractivity contribution in [2.24, 2.45) is 7.05 Å². The van der Waals surface area contributed by atoms with Gasteiger partial charge in [0, 0.05) is 32.1 Å². The lowest BCUT2D eigenvalue weighted by Crippen LogP contribution is -2.41. The summed E-state index contributed by atoms with van der Waals surface area (Å²) in [6, 6.07) is 6.21. The van der Waals surface area contributed by atoms with E-state index in [1.807, 2.05) is 24.6 Å². The van der Waals surface area contributed by atoms with E-state index in [1.54, 1.807) is 0 Å². The number of carbonyl (C=O) groups is 1. The number of rotatable bonds is 4. The first-order valence-corrected chi connectivity index (χ1v) is 8.62. The number of benzene rings is 1. The zero-order chi connectivity index (χ0) is 17.3. The first-order chi connectivity index (χ1) is 11.5. The van der Waals surface area contributed by atoms with Crippen LogP contribution in [0.2, 0.25) is 0 Å². The molecule has 0 radical (unpaired) electrons. The molecule has 2 heterocycles. The highest BCUT2D eigenvalue weighted by molar-refractivity contribution is 6.02. The van der Waals surface area contributed by atoms with Crippen molar-refractivity contribution in [3.63, 3.8) is 0 Å². The Bertz CT molecular complexity index is 751. The molecule has 5 heteroatoms. The number of nitrogens with one attached hydrogen (secondary N) is 1. The highest BCUT2D eigenvalue weighted by Crippen LogP contribution is 2.27. The number of ether oxygens (including phenoxy) is 1. The molecule has 0 bridgehead atoms. The van der Waals surface area contributed by atoms with E-state index in [0.29, 0.717) is 6.54 Å². The van der Waals surface area contributed by atoms with Crippen LogP contribution in [0.1, 0.15) is 28.0 Å². The Morgan fingerprint density at radius 1 is 1.33 bits per heavy atom. The van der Waals surface area contributed by atoms with Crippen LogP contribution in [-0.2, 0) is 11.8 Å². The first-order valence-electron chi connectivity index (χ1n) is 8.62. The number of aryl methyl sites for hydroxylation is 3. The van der Waals surface area contributed by atoms with E-state index in [2.05, 4.69) is 36.3 Å². The minimum atomic E-state index is -0.00485. The van der Waals surface area contributed by atoms with Crippen molar-refractivity contribution in [1.29, 1.82) is 0 Å². The van der Waals surface area contributed by atoms with Gasteiger partial charge in [0.25, 0.3) is 5.91 Å². The Hall–Kier alpha value is -1.85. The lowest BCUT2D eigenvalue weighted by atomic mass is 10.1. The minimum Gasteiger partial charge on any atom is -0.375 e. The highest BCUT2D eigenvalue weighted by atomic mass is 16.5. The molecular weight excluding hydrogens is 302 g/mol. The average Bonchev–Trinajstić information content (AvgIpc) is 2.80. The van der Waals surface area contributed by atoms with E-state index in [1.165, 1.54) is 5.56 Å². The van der Waals surface area contributed by atoms with Gasteiger partial charge in [-0.3, -0.25) is 4.79 Å². The molecule has 1 N–H and O–H groups in total. The third-order valence-electron chi connectivity index (χ3n) is 4.98. The molecule has 1 fully saturated rings. The van der Waals surface area contributed by atoms with Crippen LogP contribution in [0.5, 0.6) is 0 Å². The largest absolute Gasteiger partial charge is 0.375 e. The summed E-state index contributed by atoms with van der Waals surface area (Å²) in [7, 11) is 4.08. The van der Waals surface area contributed by atoms with Crippen LogP contribution in [0.3, 0.4) is 0 Å². The maximum Gasteiger partial charge on any atom is 0.268 e. The standard InChI is InChI=1S/C19H27N3O2/c1-13-6-5-7-16-14(2)18(22(4)17(13)16)19(23)20-9-8-15-12-21(3)10-11-24-15/h5-7,15H,8-12H2,1-4H3,(H,20,23)/t15-/m1/s1. The van der Waals surface area contributed by atoms with Crippen LogP contribution in [0, 0.1) is 13.8 Å². The van der Waals surface area contributed by atoms with Crippen LogP contribution >= 0.6 is 0 Å². The molecule has 1 aromatic heterocycles. The molecule has 2 aromatic rings. The first kappa shape index (κ1) is 17.0. The summed E-state index contributed by atoms with van der Waals surface area (Å²) in [5.74, 6) is -0.00485. The quantitative estimate of drug-likeness (QED) is 0.936. The van der Waals surface area contributed by atoms with E-state index in [4.69, 9.17) is 4.74 Å². The van der Waals surface area contributed by atoms with Gasteiger partial charge in [0.2, 0.25) is 0 Å². The number of amides is 1. The predicted octanol–water partition coefficient (Wildman–Crippen LogP) is 2.25. The van der Waals surface area contributed by atoms with Gasteiger partial charge in [-0.25, -0.2) is 0 Å². The Balaban J connectivity index is 1.69. The molecule has 0 unspecified atom stereocenters.